The third kappa shape index (κ3) is 4.94. The van der Waals surface area contributed by atoms with Gasteiger partial charge in [-0.3, -0.25) is 4.86 Å². The molecule has 0 atom stereocenters. The molecular weight excluding hydrogens is 492 g/mol. The SMILES string of the molecule is CCc1ccsc1P(NP(c1sccc1CC)c1sccc1CC)c1sccc1CC. The van der Waals surface area contributed by atoms with E-state index in [0.29, 0.717) is 0 Å². The monoisotopic (exact) mass is 521 g/mol. The van der Waals surface area contributed by atoms with Crippen molar-refractivity contribution in [3.63, 3.8) is 0 Å². The molecule has 0 aliphatic rings. The molecular formula is C24H29NP2S4. The van der Waals surface area contributed by atoms with Crippen molar-refractivity contribution in [2.24, 2.45) is 0 Å². The van der Waals surface area contributed by atoms with Gasteiger partial charge in [0, 0.05) is 0 Å². The van der Waals surface area contributed by atoms with Crippen LogP contribution >= 0.6 is 61.5 Å². The topological polar surface area (TPSA) is 12.0 Å². The van der Waals surface area contributed by atoms with E-state index in [-0.39, 0.29) is 0 Å². The lowest BCUT2D eigenvalue weighted by Crippen LogP contribution is -2.27. The normalized spacial score (nSPS) is 11.8. The molecule has 164 valence electrons. The molecule has 1 nitrogen and oxygen atoms in total. The highest BCUT2D eigenvalue weighted by Crippen LogP contribution is 2.48. The summed E-state index contributed by atoms with van der Waals surface area (Å²) < 4.78 is 6.25. The van der Waals surface area contributed by atoms with Crippen LogP contribution in [0.15, 0.2) is 45.8 Å². The molecule has 0 aliphatic heterocycles. The van der Waals surface area contributed by atoms with E-state index < -0.39 is 16.1 Å². The van der Waals surface area contributed by atoms with Crippen LogP contribution in [0.2, 0.25) is 0 Å². The summed E-state index contributed by atoms with van der Waals surface area (Å²) >= 11 is 7.78. The third-order valence-corrected chi connectivity index (χ3v) is 16.3. The van der Waals surface area contributed by atoms with Crippen LogP contribution < -0.4 is 23.3 Å². The lowest BCUT2D eigenvalue weighted by Gasteiger charge is -2.27. The van der Waals surface area contributed by atoms with E-state index in [1.807, 2.05) is 45.3 Å². The maximum atomic E-state index is 4.33. The average molecular weight is 522 g/mol. The van der Waals surface area contributed by atoms with Crippen molar-refractivity contribution in [2.45, 2.75) is 53.4 Å². The summed E-state index contributed by atoms with van der Waals surface area (Å²) in [5.74, 6) is 0. The van der Waals surface area contributed by atoms with Gasteiger partial charge in [0.05, 0.1) is 34.6 Å². The Morgan fingerprint density at radius 2 is 0.774 bits per heavy atom. The molecule has 0 aliphatic carbocycles. The van der Waals surface area contributed by atoms with Crippen LogP contribution in [-0.4, -0.2) is 0 Å². The second-order valence-corrected chi connectivity index (χ2v) is 16.0. The first-order valence-electron chi connectivity index (χ1n) is 10.8. The van der Waals surface area contributed by atoms with Crippen LogP contribution in [0.4, 0.5) is 0 Å². The molecule has 0 spiro atoms. The van der Waals surface area contributed by atoms with Crippen LogP contribution in [0.1, 0.15) is 49.9 Å². The average Bonchev–Trinajstić information content (AvgIpc) is 3.60. The van der Waals surface area contributed by atoms with Crippen molar-refractivity contribution in [1.29, 1.82) is 0 Å². The van der Waals surface area contributed by atoms with Crippen molar-refractivity contribution >= 4 is 80.0 Å². The molecule has 4 heterocycles. The minimum atomic E-state index is -0.584. The predicted molar refractivity (Wildman–Crippen MR) is 150 cm³/mol. The number of hydrogen-bond donors (Lipinski definition) is 1. The first kappa shape index (κ1) is 23.8. The summed E-state index contributed by atoms with van der Waals surface area (Å²) in [6.07, 6.45) is 4.40. The fourth-order valence-corrected chi connectivity index (χ4v) is 16.6. The van der Waals surface area contributed by atoms with Gasteiger partial charge in [-0.1, -0.05) is 27.7 Å². The van der Waals surface area contributed by atoms with Crippen LogP contribution in [0, 0.1) is 0 Å². The van der Waals surface area contributed by atoms with Crippen LogP contribution in [0.3, 0.4) is 0 Å². The molecule has 4 rings (SSSR count). The van der Waals surface area contributed by atoms with Crippen LogP contribution in [0.5, 0.6) is 0 Å². The summed E-state index contributed by atoms with van der Waals surface area (Å²) in [7, 11) is -1.17. The van der Waals surface area contributed by atoms with Gasteiger partial charge in [0.15, 0.2) is 0 Å². The molecule has 1 N–H and O–H groups in total. The number of rotatable bonds is 10. The number of aryl methyl sites for hydroxylation is 4. The molecule has 0 bridgehead atoms. The van der Waals surface area contributed by atoms with Crippen LogP contribution in [-0.2, 0) is 25.7 Å². The molecule has 4 aromatic rings. The number of thiophene rings is 4. The highest BCUT2D eigenvalue weighted by atomic mass is 32.1. The van der Waals surface area contributed by atoms with Gasteiger partial charge in [0.1, 0.15) is 0 Å². The Labute approximate surface area is 205 Å². The van der Waals surface area contributed by atoms with Gasteiger partial charge in [-0.25, -0.2) is 0 Å². The summed E-state index contributed by atoms with van der Waals surface area (Å²) in [4.78, 5) is 4.33. The van der Waals surface area contributed by atoms with E-state index >= 15 is 0 Å². The van der Waals surface area contributed by atoms with Crippen molar-refractivity contribution in [3.8, 4) is 0 Å². The molecule has 31 heavy (non-hydrogen) atoms. The summed E-state index contributed by atoms with van der Waals surface area (Å²) in [6, 6.07) is 9.35. The molecule has 0 saturated carbocycles. The first-order valence-corrected chi connectivity index (χ1v) is 17.0. The summed E-state index contributed by atoms with van der Waals surface area (Å²) in [6.45, 7) is 9.17. The Morgan fingerprint density at radius 1 is 0.516 bits per heavy atom. The molecule has 7 heteroatoms. The molecule has 0 fully saturated rings. The summed E-state index contributed by atoms with van der Waals surface area (Å²) in [5, 5.41) is 9.16. The lowest BCUT2D eigenvalue weighted by atomic mass is 10.3. The second-order valence-electron chi connectivity index (χ2n) is 7.19. The van der Waals surface area contributed by atoms with Crippen molar-refractivity contribution in [1.82, 2.24) is 4.86 Å². The fourth-order valence-electron chi connectivity index (χ4n) is 3.64. The van der Waals surface area contributed by atoms with E-state index in [1.165, 1.54) is 22.3 Å². The summed E-state index contributed by atoms with van der Waals surface area (Å²) in [5.41, 5.74) is 6.05. The van der Waals surface area contributed by atoms with Crippen molar-refractivity contribution in [2.75, 3.05) is 0 Å². The van der Waals surface area contributed by atoms with Gasteiger partial charge in [0.25, 0.3) is 0 Å². The number of nitrogens with one attached hydrogen (secondary N) is 1. The maximum Gasteiger partial charge on any atom is 0.0515 e. The Hall–Kier alpha value is -0.380. The van der Waals surface area contributed by atoms with E-state index in [2.05, 4.69) is 78.3 Å². The van der Waals surface area contributed by atoms with Gasteiger partial charge in [-0.05, 0) is 93.7 Å². The molecule has 0 saturated heterocycles. The van der Waals surface area contributed by atoms with Gasteiger partial charge >= 0.3 is 0 Å². The van der Waals surface area contributed by atoms with Crippen molar-refractivity contribution < 1.29 is 0 Å². The van der Waals surface area contributed by atoms with Crippen molar-refractivity contribution in [3.05, 3.63) is 68.0 Å². The smallest absolute Gasteiger partial charge is 0.0515 e. The highest BCUT2D eigenvalue weighted by Gasteiger charge is 2.30. The maximum absolute atomic E-state index is 4.33. The minimum absolute atomic E-state index is 0.584. The zero-order chi connectivity index (χ0) is 21.8. The molecule has 0 radical (unpaired) electrons. The molecule has 4 aromatic heterocycles. The zero-order valence-corrected chi connectivity index (χ0v) is 23.5. The quantitative estimate of drug-likeness (QED) is 0.218. The number of hydrogen-bond acceptors (Lipinski definition) is 5. The Bertz CT molecular complexity index is 935. The first-order chi connectivity index (χ1) is 15.2. The zero-order valence-electron chi connectivity index (χ0n) is 18.5. The van der Waals surface area contributed by atoms with E-state index in [0.717, 1.165) is 25.7 Å². The Kier molecular flexibility index (Phi) is 8.56. The predicted octanol–water partition coefficient (Wildman–Crippen LogP) is 7.17. The second kappa shape index (κ2) is 11.2. The molecule has 0 aromatic carbocycles. The molecule has 0 amide bonds. The standard InChI is InChI=1S/C24H29NP2S4/c1-5-17-9-13-28-21(17)26(22-18(6-2)10-14-29-22)25-27(23-19(7-3)11-15-30-23)24-20(8-4)12-16-31-24/h9-16,25H,5-8H2,1-4H3. The van der Waals surface area contributed by atoms with Gasteiger partial charge in [0.2, 0.25) is 0 Å². The minimum Gasteiger partial charge on any atom is -0.256 e. The molecule has 0 unspecified atom stereocenters. The fraction of sp³-hybridized carbons (Fsp3) is 0.333. The van der Waals surface area contributed by atoms with Gasteiger partial charge in [-0.15, -0.1) is 45.3 Å². The van der Waals surface area contributed by atoms with E-state index in [4.69, 9.17) is 0 Å². The Morgan fingerprint density at radius 3 is 1.00 bits per heavy atom. The van der Waals surface area contributed by atoms with E-state index in [1.54, 1.807) is 18.5 Å². The van der Waals surface area contributed by atoms with E-state index in [9.17, 15) is 0 Å². The highest BCUT2D eigenvalue weighted by molar-refractivity contribution is 7.92. The largest absolute Gasteiger partial charge is 0.256 e. The lowest BCUT2D eigenvalue weighted by molar-refractivity contribution is 1.16. The van der Waals surface area contributed by atoms with Crippen LogP contribution in [0.25, 0.3) is 0 Å². The Balaban J connectivity index is 1.85. The third-order valence-electron chi connectivity index (χ3n) is 5.43. The van der Waals surface area contributed by atoms with Gasteiger partial charge in [-0.2, -0.15) is 0 Å². The van der Waals surface area contributed by atoms with Gasteiger partial charge < -0.3 is 0 Å².